The molecule has 6 nitrogen and oxygen atoms in total. The lowest BCUT2D eigenvalue weighted by atomic mass is 10.1. The first-order valence-corrected chi connectivity index (χ1v) is 4.65. The quantitative estimate of drug-likeness (QED) is 0.796. The zero-order valence-electron chi connectivity index (χ0n) is 8.01. The summed E-state index contributed by atoms with van der Waals surface area (Å²) in [6.07, 6.45) is 2.01. The molecule has 0 aliphatic carbocycles. The highest BCUT2D eigenvalue weighted by Crippen LogP contribution is 2.15. The average Bonchev–Trinajstić information content (AvgIpc) is 2.86. The second-order valence-corrected chi connectivity index (χ2v) is 3.34. The maximum Gasteiger partial charge on any atom is 0.394 e. The van der Waals surface area contributed by atoms with E-state index in [9.17, 15) is 4.79 Å². The Morgan fingerprint density at radius 3 is 3.20 bits per heavy atom. The molecule has 0 aromatic carbocycles. The number of aromatic nitrogens is 1. The molecule has 0 bridgehead atoms. The van der Waals surface area contributed by atoms with Crippen molar-refractivity contribution >= 4 is 5.97 Å². The first kappa shape index (κ1) is 9.97. The van der Waals surface area contributed by atoms with Gasteiger partial charge in [-0.1, -0.05) is 0 Å². The second kappa shape index (κ2) is 4.31. The van der Waals surface area contributed by atoms with Crippen LogP contribution in [-0.2, 0) is 4.74 Å². The Balaban J connectivity index is 1.84. The van der Waals surface area contributed by atoms with Crippen LogP contribution in [0.25, 0.3) is 0 Å². The Hall–Kier alpha value is -1.56. The fourth-order valence-corrected chi connectivity index (χ4v) is 1.33. The van der Waals surface area contributed by atoms with Crippen LogP contribution in [0.2, 0.25) is 0 Å². The monoisotopic (exact) mass is 213 g/mol. The third-order valence-electron chi connectivity index (χ3n) is 2.17. The number of hydrogen-bond acceptors (Lipinski definition) is 5. The van der Waals surface area contributed by atoms with Crippen LogP contribution in [0.3, 0.4) is 0 Å². The Morgan fingerprint density at radius 2 is 2.60 bits per heavy atom. The highest BCUT2D eigenvalue weighted by atomic mass is 16.6. The lowest BCUT2D eigenvalue weighted by molar-refractivity contribution is 0.0690. The minimum atomic E-state index is -1.13. The lowest BCUT2D eigenvalue weighted by Crippen LogP contribution is -2.11. The van der Waals surface area contributed by atoms with Crippen LogP contribution in [0.15, 0.2) is 10.7 Å². The van der Waals surface area contributed by atoms with Gasteiger partial charge in [0, 0.05) is 12.5 Å². The van der Waals surface area contributed by atoms with E-state index in [0.717, 1.165) is 19.3 Å². The van der Waals surface area contributed by atoms with E-state index < -0.39 is 5.97 Å². The molecule has 1 saturated heterocycles. The second-order valence-electron chi connectivity index (χ2n) is 3.34. The highest BCUT2D eigenvalue weighted by Gasteiger charge is 2.18. The van der Waals surface area contributed by atoms with Crippen LogP contribution < -0.4 is 4.74 Å². The number of aromatic carboxylic acids is 1. The molecule has 6 heteroatoms. The molecule has 0 amide bonds. The van der Waals surface area contributed by atoms with Crippen LogP contribution in [0.1, 0.15) is 16.9 Å². The summed E-state index contributed by atoms with van der Waals surface area (Å²) in [6.45, 7) is 1.87. The summed E-state index contributed by atoms with van der Waals surface area (Å²) in [5, 5.41) is 8.58. The fraction of sp³-hybridized carbons (Fsp3) is 0.556. The molecule has 1 aromatic heterocycles. The molecule has 1 fully saturated rings. The summed E-state index contributed by atoms with van der Waals surface area (Å²) in [6, 6.07) is 0. The lowest BCUT2D eigenvalue weighted by Gasteiger charge is -2.05. The van der Waals surface area contributed by atoms with Gasteiger partial charge in [-0.3, -0.25) is 0 Å². The molecule has 2 rings (SSSR count). The molecule has 1 aromatic rings. The van der Waals surface area contributed by atoms with Crippen molar-refractivity contribution in [2.45, 2.75) is 6.42 Å². The van der Waals surface area contributed by atoms with Crippen molar-refractivity contribution in [1.29, 1.82) is 0 Å². The van der Waals surface area contributed by atoms with Gasteiger partial charge in [0.25, 0.3) is 0 Å². The number of carboxylic acid groups (broad SMARTS) is 1. The first-order chi connectivity index (χ1) is 7.25. The van der Waals surface area contributed by atoms with Gasteiger partial charge in [0.15, 0.2) is 5.69 Å². The molecule has 82 valence electrons. The van der Waals surface area contributed by atoms with E-state index in [1.807, 2.05) is 0 Å². The van der Waals surface area contributed by atoms with E-state index >= 15 is 0 Å². The predicted octanol–water partition coefficient (Wildman–Crippen LogP) is 0.788. The summed E-state index contributed by atoms with van der Waals surface area (Å²) in [5.74, 6) is -0.789. The van der Waals surface area contributed by atoms with Crippen molar-refractivity contribution < 1.29 is 23.8 Å². The Kier molecular flexibility index (Phi) is 2.86. The summed E-state index contributed by atoms with van der Waals surface area (Å²) in [4.78, 5) is 14.1. The fourth-order valence-electron chi connectivity index (χ4n) is 1.33. The minimum Gasteiger partial charge on any atom is -0.476 e. The van der Waals surface area contributed by atoms with Gasteiger partial charge in [-0.15, -0.1) is 0 Å². The molecule has 15 heavy (non-hydrogen) atoms. The van der Waals surface area contributed by atoms with Crippen molar-refractivity contribution in [3.8, 4) is 6.08 Å². The van der Waals surface area contributed by atoms with Crippen LogP contribution in [0, 0.1) is 5.92 Å². The van der Waals surface area contributed by atoms with Gasteiger partial charge in [0.05, 0.1) is 13.2 Å². The molecule has 1 aliphatic rings. The number of carboxylic acids is 1. The van der Waals surface area contributed by atoms with Crippen molar-refractivity contribution in [3.63, 3.8) is 0 Å². The molecule has 0 radical (unpaired) electrons. The van der Waals surface area contributed by atoms with Crippen LogP contribution in [0.4, 0.5) is 0 Å². The number of ether oxygens (including phenoxy) is 2. The summed E-state index contributed by atoms with van der Waals surface area (Å²) in [5.41, 5.74) is -0.146. The summed E-state index contributed by atoms with van der Waals surface area (Å²) in [7, 11) is 0. The maximum atomic E-state index is 10.5. The van der Waals surface area contributed by atoms with E-state index in [1.54, 1.807) is 0 Å². The van der Waals surface area contributed by atoms with Crippen LogP contribution >= 0.6 is 0 Å². The van der Waals surface area contributed by atoms with E-state index in [4.69, 9.17) is 19.0 Å². The Bertz CT molecular complexity index is 342. The summed E-state index contributed by atoms with van der Waals surface area (Å²) >= 11 is 0. The Labute approximate surface area is 85.8 Å². The van der Waals surface area contributed by atoms with Gasteiger partial charge in [-0.05, 0) is 6.42 Å². The third kappa shape index (κ3) is 2.47. The molecule has 1 N–H and O–H groups in total. The number of hydrogen-bond donors (Lipinski definition) is 1. The molecule has 2 heterocycles. The minimum absolute atomic E-state index is 0.000648. The van der Waals surface area contributed by atoms with Gasteiger partial charge in [-0.25, -0.2) is 4.79 Å². The molecule has 0 saturated carbocycles. The molecule has 1 atom stereocenters. The molecular formula is C9H11NO5. The zero-order valence-corrected chi connectivity index (χ0v) is 8.01. The number of nitrogens with zero attached hydrogens (tertiary/aromatic N) is 1. The third-order valence-corrected chi connectivity index (χ3v) is 2.17. The zero-order chi connectivity index (χ0) is 10.7. The predicted molar refractivity (Wildman–Crippen MR) is 47.9 cm³/mol. The topological polar surface area (TPSA) is 81.8 Å². The van der Waals surface area contributed by atoms with Crippen LogP contribution in [-0.4, -0.2) is 35.9 Å². The van der Waals surface area contributed by atoms with Crippen molar-refractivity contribution in [3.05, 3.63) is 12.0 Å². The van der Waals surface area contributed by atoms with E-state index in [-0.39, 0.29) is 11.8 Å². The Morgan fingerprint density at radius 1 is 1.73 bits per heavy atom. The van der Waals surface area contributed by atoms with E-state index in [1.165, 1.54) is 0 Å². The molecular weight excluding hydrogens is 202 g/mol. The molecule has 1 aliphatic heterocycles. The van der Waals surface area contributed by atoms with Crippen LogP contribution in [0.5, 0.6) is 6.08 Å². The van der Waals surface area contributed by atoms with Gasteiger partial charge in [0.1, 0.15) is 6.26 Å². The average molecular weight is 213 g/mol. The summed E-state index contributed by atoms with van der Waals surface area (Å²) < 4.78 is 15.2. The van der Waals surface area contributed by atoms with Gasteiger partial charge in [0.2, 0.25) is 0 Å². The number of oxazole rings is 1. The largest absolute Gasteiger partial charge is 0.476 e. The molecule has 1 unspecified atom stereocenters. The number of carbonyl (C=O) groups is 1. The normalized spacial score (nSPS) is 20.4. The smallest absolute Gasteiger partial charge is 0.394 e. The number of rotatable bonds is 4. The maximum absolute atomic E-state index is 10.5. The molecule has 0 spiro atoms. The van der Waals surface area contributed by atoms with Gasteiger partial charge < -0.3 is 19.0 Å². The first-order valence-electron chi connectivity index (χ1n) is 4.65. The van der Waals surface area contributed by atoms with Crippen molar-refractivity contribution in [2.24, 2.45) is 5.92 Å². The van der Waals surface area contributed by atoms with E-state index in [0.29, 0.717) is 19.1 Å². The van der Waals surface area contributed by atoms with Crippen molar-refractivity contribution in [2.75, 3.05) is 19.8 Å². The highest BCUT2D eigenvalue weighted by molar-refractivity contribution is 5.84. The van der Waals surface area contributed by atoms with Gasteiger partial charge in [-0.2, -0.15) is 4.98 Å². The SMILES string of the molecule is O=C(O)c1coc(OCC2CCOC2)n1. The standard InChI is InChI=1S/C9H11NO5/c11-8(12)7-5-15-9(10-7)14-4-6-1-2-13-3-6/h5-6H,1-4H2,(H,11,12). The van der Waals surface area contributed by atoms with E-state index in [2.05, 4.69) is 4.98 Å². The van der Waals surface area contributed by atoms with Gasteiger partial charge >= 0.3 is 12.0 Å². The van der Waals surface area contributed by atoms with Crippen molar-refractivity contribution in [1.82, 2.24) is 4.98 Å².